The van der Waals surface area contributed by atoms with Crippen LogP contribution in [-0.4, -0.2) is 22.3 Å². The highest BCUT2D eigenvalue weighted by Gasteiger charge is 1.90. The van der Waals surface area contributed by atoms with Gasteiger partial charge in [0.1, 0.15) is 0 Å². The van der Waals surface area contributed by atoms with E-state index in [9.17, 15) is 4.79 Å². The molecule has 0 amide bonds. The predicted molar refractivity (Wildman–Crippen MR) is 106 cm³/mol. The van der Waals surface area contributed by atoms with E-state index in [2.05, 4.69) is 48.6 Å². The lowest BCUT2D eigenvalue weighted by atomic mass is 10.2. The molecule has 2 N–H and O–H groups in total. The summed E-state index contributed by atoms with van der Waals surface area (Å²) in [6.45, 7) is 1.74. The summed E-state index contributed by atoms with van der Waals surface area (Å²) in [6.07, 6.45) is 29.6. The molecule has 0 aromatic carbocycles. The fourth-order valence-electron chi connectivity index (χ4n) is 1.86. The number of carboxylic acid groups (broad SMARTS) is 1. The Morgan fingerprint density at radius 2 is 1.08 bits per heavy atom. The summed E-state index contributed by atoms with van der Waals surface area (Å²) >= 11 is 0. The molecule has 0 saturated heterocycles. The minimum absolute atomic E-state index is 0.201. The van der Waals surface area contributed by atoms with Gasteiger partial charge in [-0.25, -0.2) is 0 Å². The van der Waals surface area contributed by atoms with E-state index in [4.69, 9.17) is 10.2 Å². The van der Waals surface area contributed by atoms with Crippen molar-refractivity contribution < 1.29 is 15.0 Å². The molecule has 1 unspecified atom stereocenters. The molecule has 0 aliphatic carbocycles. The van der Waals surface area contributed by atoms with Crippen LogP contribution in [0.15, 0.2) is 72.9 Å². The molecule has 0 bridgehead atoms. The van der Waals surface area contributed by atoms with Crippen molar-refractivity contribution >= 4 is 5.97 Å². The van der Waals surface area contributed by atoms with E-state index in [1.54, 1.807) is 13.0 Å². The lowest BCUT2D eigenvalue weighted by Crippen LogP contribution is -1.91. The van der Waals surface area contributed by atoms with E-state index < -0.39 is 5.97 Å². The van der Waals surface area contributed by atoms with E-state index in [0.717, 1.165) is 32.1 Å². The molecule has 0 aliphatic rings. The molecular weight excluding hydrogens is 312 g/mol. The van der Waals surface area contributed by atoms with E-state index in [-0.39, 0.29) is 12.5 Å². The fourth-order valence-corrected chi connectivity index (χ4v) is 1.86. The molecular formula is C22H32O3. The lowest BCUT2D eigenvalue weighted by molar-refractivity contribution is -0.136. The second-order valence-electron chi connectivity index (χ2n) is 5.64. The molecule has 0 heterocycles. The molecule has 0 radical (unpaired) electrons. The summed E-state index contributed by atoms with van der Waals surface area (Å²) in [5.41, 5.74) is 0. The van der Waals surface area contributed by atoms with Crippen molar-refractivity contribution in [3.8, 4) is 0 Å². The number of carbonyl (C=O) groups is 1. The van der Waals surface area contributed by atoms with Crippen molar-refractivity contribution in [3.05, 3.63) is 72.9 Å². The largest absolute Gasteiger partial charge is 0.481 e. The van der Waals surface area contributed by atoms with Crippen molar-refractivity contribution in [2.45, 2.75) is 58.0 Å². The zero-order chi connectivity index (χ0) is 18.6. The average Bonchev–Trinajstić information content (AvgIpc) is 2.56. The molecule has 0 rings (SSSR count). The SMILES string of the molecule is CC(O)C=CCC=CCC=CCC=CCC=CCC=CCCC(=O)O. The van der Waals surface area contributed by atoms with Crippen LogP contribution in [0.2, 0.25) is 0 Å². The Bertz CT molecular complexity index is 491. The molecule has 138 valence electrons. The molecule has 0 saturated carbocycles. The van der Waals surface area contributed by atoms with Gasteiger partial charge >= 0.3 is 5.97 Å². The maximum Gasteiger partial charge on any atom is 0.303 e. The highest BCUT2D eigenvalue weighted by molar-refractivity contribution is 5.66. The van der Waals surface area contributed by atoms with Crippen molar-refractivity contribution in [3.63, 3.8) is 0 Å². The molecule has 0 aliphatic heterocycles. The molecule has 1 atom stereocenters. The van der Waals surface area contributed by atoms with E-state index in [0.29, 0.717) is 6.42 Å². The first-order chi connectivity index (χ1) is 12.1. The van der Waals surface area contributed by atoms with Crippen LogP contribution in [0, 0.1) is 0 Å². The summed E-state index contributed by atoms with van der Waals surface area (Å²) in [4.78, 5) is 10.3. The summed E-state index contributed by atoms with van der Waals surface area (Å²) in [5.74, 6) is -0.750. The number of aliphatic hydroxyl groups excluding tert-OH is 1. The van der Waals surface area contributed by atoms with Gasteiger partial charge in [0.05, 0.1) is 6.10 Å². The Morgan fingerprint density at radius 1 is 0.720 bits per heavy atom. The van der Waals surface area contributed by atoms with Crippen LogP contribution in [0.1, 0.15) is 51.9 Å². The normalized spacial score (nSPS) is 14.3. The number of rotatable bonds is 14. The number of hydrogen-bond acceptors (Lipinski definition) is 2. The first-order valence-corrected chi connectivity index (χ1v) is 8.94. The van der Waals surface area contributed by atoms with Crippen LogP contribution in [0.5, 0.6) is 0 Å². The minimum Gasteiger partial charge on any atom is -0.481 e. The number of allylic oxidation sites excluding steroid dienone is 11. The highest BCUT2D eigenvalue weighted by Crippen LogP contribution is 1.97. The van der Waals surface area contributed by atoms with Crippen LogP contribution in [0.25, 0.3) is 0 Å². The van der Waals surface area contributed by atoms with Gasteiger partial charge in [0.15, 0.2) is 0 Å². The predicted octanol–water partition coefficient (Wildman–Crippen LogP) is 5.52. The van der Waals surface area contributed by atoms with E-state index >= 15 is 0 Å². The van der Waals surface area contributed by atoms with Gasteiger partial charge in [0, 0.05) is 6.42 Å². The standard InChI is InChI=1S/C22H32O3/c1-21(23)19-17-15-13-11-9-7-5-3-2-4-6-8-10-12-14-16-18-20-22(24)25/h2,4-5,7-8,10-11,13-14,16-17,19,21,23H,3,6,9,12,15,18,20H2,1H3,(H,24,25). The van der Waals surface area contributed by atoms with Crippen LogP contribution < -0.4 is 0 Å². The van der Waals surface area contributed by atoms with Gasteiger partial charge in [-0.15, -0.1) is 0 Å². The molecule has 0 fully saturated rings. The van der Waals surface area contributed by atoms with Gasteiger partial charge in [0.2, 0.25) is 0 Å². The van der Waals surface area contributed by atoms with Gasteiger partial charge in [-0.2, -0.15) is 0 Å². The van der Waals surface area contributed by atoms with Gasteiger partial charge in [-0.1, -0.05) is 72.9 Å². The molecule has 3 nitrogen and oxygen atoms in total. The maximum atomic E-state index is 10.3. The smallest absolute Gasteiger partial charge is 0.303 e. The van der Waals surface area contributed by atoms with E-state index in [1.165, 1.54) is 0 Å². The van der Waals surface area contributed by atoms with Crippen molar-refractivity contribution in [1.82, 2.24) is 0 Å². The number of carboxylic acids is 1. The zero-order valence-electron chi connectivity index (χ0n) is 15.3. The van der Waals surface area contributed by atoms with Gasteiger partial charge in [-0.3, -0.25) is 4.79 Å². The molecule has 0 spiro atoms. The van der Waals surface area contributed by atoms with Crippen molar-refractivity contribution in [2.75, 3.05) is 0 Å². The third-order valence-electron chi connectivity index (χ3n) is 3.13. The fraction of sp³-hybridized carbons (Fsp3) is 0.409. The highest BCUT2D eigenvalue weighted by atomic mass is 16.4. The molecule has 3 heteroatoms. The Morgan fingerprint density at radius 3 is 1.44 bits per heavy atom. The van der Waals surface area contributed by atoms with Crippen LogP contribution in [0.3, 0.4) is 0 Å². The second-order valence-corrected chi connectivity index (χ2v) is 5.64. The lowest BCUT2D eigenvalue weighted by Gasteiger charge is -1.90. The zero-order valence-corrected chi connectivity index (χ0v) is 15.3. The van der Waals surface area contributed by atoms with Gasteiger partial charge in [0.25, 0.3) is 0 Å². The minimum atomic E-state index is -0.750. The number of aliphatic hydroxyl groups is 1. The monoisotopic (exact) mass is 344 g/mol. The van der Waals surface area contributed by atoms with Crippen LogP contribution >= 0.6 is 0 Å². The molecule has 0 aromatic rings. The third kappa shape index (κ3) is 21.9. The Kier molecular flexibility index (Phi) is 16.7. The van der Waals surface area contributed by atoms with Crippen LogP contribution in [0.4, 0.5) is 0 Å². The molecule has 25 heavy (non-hydrogen) atoms. The van der Waals surface area contributed by atoms with Crippen molar-refractivity contribution in [2.24, 2.45) is 0 Å². The maximum absolute atomic E-state index is 10.3. The van der Waals surface area contributed by atoms with Crippen molar-refractivity contribution in [1.29, 1.82) is 0 Å². The second kappa shape index (κ2) is 18.2. The number of aliphatic carboxylic acids is 1. The molecule has 0 aromatic heterocycles. The first kappa shape index (κ1) is 22.9. The summed E-state index contributed by atoms with van der Waals surface area (Å²) < 4.78 is 0. The summed E-state index contributed by atoms with van der Waals surface area (Å²) in [7, 11) is 0. The Balaban J connectivity index is 3.54. The summed E-state index contributed by atoms with van der Waals surface area (Å²) in [6, 6.07) is 0. The third-order valence-corrected chi connectivity index (χ3v) is 3.13. The van der Waals surface area contributed by atoms with Crippen LogP contribution in [-0.2, 0) is 4.79 Å². The van der Waals surface area contributed by atoms with Gasteiger partial charge in [-0.05, 0) is 45.4 Å². The quantitative estimate of drug-likeness (QED) is 0.408. The van der Waals surface area contributed by atoms with E-state index in [1.807, 2.05) is 18.2 Å². The Labute approximate surface area is 152 Å². The average molecular weight is 344 g/mol. The van der Waals surface area contributed by atoms with Gasteiger partial charge < -0.3 is 10.2 Å². The topological polar surface area (TPSA) is 57.5 Å². The summed E-state index contributed by atoms with van der Waals surface area (Å²) in [5, 5.41) is 17.5. The number of hydrogen-bond donors (Lipinski definition) is 2. The first-order valence-electron chi connectivity index (χ1n) is 8.94. The Hall–Kier alpha value is -2.13.